The Hall–Kier alpha value is -4.73. The van der Waals surface area contributed by atoms with Crippen LogP contribution in [0, 0.1) is 18.3 Å². The van der Waals surface area contributed by atoms with Crippen molar-refractivity contribution in [1.29, 1.82) is 5.26 Å². The summed E-state index contributed by atoms with van der Waals surface area (Å²) in [6, 6.07) is 16.1. The SMILES string of the molecule is CCCOCCOCCNC(=O)c1cc(-c2ccnn2-c2ccc(C#N)cc2)c(C)n(-c2cccc(C(F)(F)F)c2)c1=O. The van der Waals surface area contributed by atoms with Crippen molar-refractivity contribution in [3.05, 3.63) is 99.6 Å². The third-order valence-electron chi connectivity index (χ3n) is 6.54. The van der Waals surface area contributed by atoms with E-state index in [0.29, 0.717) is 48.0 Å². The van der Waals surface area contributed by atoms with Crippen LogP contribution in [0.25, 0.3) is 22.6 Å². The van der Waals surface area contributed by atoms with E-state index in [1.807, 2.05) is 6.92 Å². The number of carbonyl (C=O) groups excluding carboxylic acids is 1. The molecule has 9 nitrogen and oxygen atoms in total. The fourth-order valence-corrected chi connectivity index (χ4v) is 4.45. The molecule has 0 spiro atoms. The van der Waals surface area contributed by atoms with E-state index in [1.54, 1.807) is 41.9 Å². The molecular formula is C31H30F3N5O4. The van der Waals surface area contributed by atoms with Crippen molar-refractivity contribution in [2.75, 3.05) is 33.0 Å². The second-order valence-corrected chi connectivity index (χ2v) is 9.51. The number of nitrogens with zero attached hydrogens (tertiary/aromatic N) is 4. The Morgan fingerprint density at radius 3 is 2.40 bits per heavy atom. The third kappa shape index (κ3) is 7.38. The lowest BCUT2D eigenvalue weighted by molar-refractivity contribution is -0.137. The Morgan fingerprint density at radius 1 is 1.00 bits per heavy atom. The van der Waals surface area contributed by atoms with Gasteiger partial charge in [-0.25, -0.2) is 4.68 Å². The molecule has 4 rings (SSSR count). The number of nitrogens with one attached hydrogen (secondary N) is 1. The number of halogens is 3. The Morgan fingerprint density at radius 2 is 1.72 bits per heavy atom. The molecule has 43 heavy (non-hydrogen) atoms. The van der Waals surface area contributed by atoms with Crippen LogP contribution in [-0.2, 0) is 15.7 Å². The Kier molecular flexibility index (Phi) is 10.1. The first-order valence-corrected chi connectivity index (χ1v) is 13.6. The van der Waals surface area contributed by atoms with Gasteiger partial charge < -0.3 is 14.8 Å². The minimum atomic E-state index is -4.64. The maximum absolute atomic E-state index is 13.7. The third-order valence-corrected chi connectivity index (χ3v) is 6.54. The average molecular weight is 594 g/mol. The van der Waals surface area contributed by atoms with Crippen molar-refractivity contribution in [2.45, 2.75) is 26.4 Å². The number of nitriles is 1. The lowest BCUT2D eigenvalue weighted by atomic mass is 10.0. The molecule has 2 aromatic carbocycles. The van der Waals surface area contributed by atoms with Gasteiger partial charge in [0.05, 0.1) is 54.6 Å². The van der Waals surface area contributed by atoms with E-state index < -0.39 is 23.2 Å². The zero-order chi connectivity index (χ0) is 31.0. The van der Waals surface area contributed by atoms with Crippen LogP contribution >= 0.6 is 0 Å². The molecule has 2 aromatic heterocycles. The van der Waals surface area contributed by atoms with Crippen LogP contribution in [0.3, 0.4) is 0 Å². The first-order valence-electron chi connectivity index (χ1n) is 13.6. The quantitative estimate of drug-likeness (QED) is 0.230. The van der Waals surface area contributed by atoms with E-state index in [-0.39, 0.29) is 24.4 Å². The molecule has 0 aliphatic heterocycles. The van der Waals surface area contributed by atoms with Crippen LogP contribution in [0.2, 0.25) is 0 Å². The second kappa shape index (κ2) is 14.0. The molecule has 0 saturated carbocycles. The minimum absolute atomic E-state index is 0.0481. The molecule has 1 amide bonds. The number of hydrogen-bond donors (Lipinski definition) is 1. The number of rotatable bonds is 12. The molecule has 0 radical (unpaired) electrons. The van der Waals surface area contributed by atoms with Crippen molar-refractivity contribution < 1.29 is 27.4 Å². The molecule has 0 fully saturated rings. The summed E-state index contributed by atoms with van der Waals surface area (Å²) in [6.45, 7) is 5.23. The molecule has 224 valence electrons. The van der Waals surface area contributed by atoms with Gasteiger partial charge in [-0.1, -0.05) is 13.0 Å². The summed E-state index contributed by atoms with van der Waals surface area (Å²) in [5, 5.41) is 16.2. The number of carbonyl (C=O) groups is 1. The van der Waals surface area contributed by atoms with Gasteiger partial charge in [-0.3, -0.25) is 14.2 Å². The maximum Gasteiger partial charge on any atom is 0.416 e. The normalized spacial score (nSPS) is 11.3. The highest BCUT2D eigenvalue weighted by atomic mass is 19.4. The molecule has 0 saturated heterocycles. The summed E-state index contributed by atoms with van der Waals surface area (Å²) in [6.07, 6.45) is -2.23. The van der Waals surface area contributed by atoms with Gasteiger partial charge in [0.2, 0.25) is 0 Å². The van der Waals surface area contributed by atoms with Crippen molar-refractivity contribution in [2.24, 2.45) is 0 Å². The van der Waals surface area contributed by atoms with Crippen molar-refractivity contribution in [3.8, 4) is 28.7 Å². The molecule has 0 aliphatic carbocycles. The predicted octanol–water partition coefficient (Wildman–Crippen LogP) is 5.06. The molecule has 0 atom stereocenters. The number of hydrogen-bond acceptors (Lipinski definition) is 6. The Balaban J connectivity index is 1.75. The van der Waals surface area contributed by atoms with E-state index in [9.17, 15) is 22.8 Å². The summed E-state index contributed by atoms with van der Waals surface area (Å²) in [5.74, 6) is -0.706. The summed E-state index contributed by atoms with van der Waals surface area (Å²) in [7, 11) is 0. The van der Waals surface area contributed by atoms with Gasteiger partial charge in [0, 0.05) is 30.1 Å². The van der Waals surface area contributed by atoms with E-state index in [0.717, 1.165) is 23.1 Å². The van der Waals surface area contributed by atoms with Crippen molar-refractivity contribution in [3.63, 3.8) is 0 Å². The number of aromatic nitrogens is 3. The van der Waals surface area contributed by atoms with Crippen LogP contribution in [0.15, 0.2) is 71.7 Å². The molecule has 12 heteroatoms. The molecule has 0 aliphatic rings. The van der Waals surface area contributed by atoms with Crippen LogP contribution in [0.5, 0.6) is 0 Å². The van der Waals surface area contributed by atoms with Gasteiger partial charge in [-0.15, -0.1) is 0 Å². The fourth-order valence-electron chi connectivity index (χ4n) is 4.45. The first-order chi connectivity index (χ1) is 20.7. The smallest absolute Gasteiger partial charge is 0.379 e. The lowest BCUT2D eigenvalue weighted by Crippen LogP contribution is -2.35. The molecule has 0 bridgehead atoms. The number of ether oxygens (including phenoxy) is 2. The Labute approximate surface area is 246 Å². The van der Waals surface area contributed by atoms with Gasteiger partial charge in [-0.05, 0) is 67.9 Å². The van der Waals surface area contributed by atoms with Crippen molar-refractivity contribution >= 4 is 5.91 Å². The standard InChI is InChI=1S/C31H30F3N5O4/c1-3-14-42-16-17-43-15-13-36-29(40)27-19-26(28-11-12-37-39(28)24-9-7-22(20-35)8-10-24)21(2)38(30(27)41)25-6-4-5-23(18-25)31(32,33)34/h4-12,18-19H,3,13-17H2,1-2H3,(H,36,40). The van der Waals surface area contributed by atoms with Gasteiger partial charge >= 0.3 is 6.18 Å². The largest absolute Gasteiger partial charge is 0.416 e. The van der Waals surface area contributed by atoms with Gasteiger partial charge in [0.15, 0.2) is 0 Å². The highest BCUT2D eigenvalue weighted by molar-refractivity contribution is 5.95. The molecule has 4 aromatic rings. The molecule has 2 heterocycles. The number of alkyl halides is 3. The first kappa shape index (κ1) is 31.2. The topological polar surface area (TPSA) is 111 Å². The van der Waals surface area contributed by atoms with E-state index in [2.05, 4.69) is 16.5 Å². The monoisotopic (exact) mass is 593 g/mol. The highest BCUT2D eigenvalue weighted by Gasteiger charge is 2.31. The maximum atomic E-state index is 13.7. The van der Waals surface area contributed by atoms with Gasteiger partial charge in [0.1, 0.15) is 5.56 Å². The zero-order valence-electron chi connectivity index (χ0n) is 23.6. The number of pyridine rings is 1. The van der Waals surface area contributed by atoms with Crippen molar-refractivity contribution in [1.82, 2.24) is 19.7 Å². The van der Waals surface area contributed by atoms with Gasteiger partial charge in [-0.2, -0.15) is 23.5 Å². The summed E-state index contributed by atoms with van der Waals surface area (Å²) in [5.41, 5.74) is 0.189. The van der Waals surface area contributed by atoms with E-state index in [1.165, 1.54) is 24.4 Å². The van der Waals surface area contributed by atoms with Crippen LogP contribution in [0.1, 0.15) is 40.5 Å². The fraction of sp³-hybridized carbons (Fsp3) is 0.290. The summed E-state index contributed by atoms with van der Waals surface area (Å²) >= 11 is 0. The van der Waals surface area contributed by atoms with Gasteiger partial charge in [0.25, 0.3) is 11.5 Å². The minimum Gasteiger partial charge on any atom is -0.379 e. The van der Waals surface area contributed by atoms with E-state index in [4.69, 9.17) is 14.7 Å². The van der Waals surface area contributed by atoms with Crippen LogP contribution < -0.4 is 10.9 Å². The van der Waals surface area contributed by atoms with Crippen LogP contribution in [0.4, 0.5) is 13.2 Å². The average Bonchev–Trinajstić information content (AvgIpc) is 3.48. The zero-order valence-corrected chi connectivity index (χ0v) is 23.6. The lowest BCUT2D eigenvalue weighted by Gasteiger charge is -2.19. The second-order valence-electron chi connectivity index (χ2n) is 9.51. The molecule has 0 unspecified atom stereocenters. The molecule has 1 N–H and O–H groups in total. The predicted molar refractivity (Wildman–Crippen MR) is 153 cm³/mol. The molecular weight excluding hydrogens is 563 g/mol. The summed E-state index contributed by atoms with van der Waals surface area (Å²) in [4.78, 5) is 27.0. The van der Waals surface area contributed by atoms with Crippen LogP contribution in [-0.4, -0.2) is 53.2 Å². The van der Waals surface area contributed by atoms with E-state index >= 15 is 0 Å². The Bertz CT molecular complexity index is 1670. The highest BCUT2D eigenvalue weighted by Crippen LogP contribution is 2.32. The number of benzene rings is 2. The number of amides is 1. The summed E-state index contributed by atoms with van der Waals surface area (Å²) < 4.78 is 54.2.